The Kier molecular flexibility index (Phi) is 3.94. The molecule has 0 unspecified atom stereocenters. The third-order valence-electron chi connectivity index (χ3n) is 3.96. The summed E-state index contributed by atoms with van der Waals surface area (Å²) in [5, 5.41) is 11.0. The van der Waals surface area contributed by atoms with Gasteiger partial charge in [-0.05, 0) is 18.2 Å². The van der Waals surface area contributed by atoms with Gasteiger partial charge in [-0.3, -0.25) is 4.98 Å². The van der Waals surface area contributed by atoms with Crippen LogP contribution in [0.15, 0.2) is 43.0 Å². The van der Waals surface area contributed by atoms with Crippen LogP contribution in [-0.4, -0.2) is 38.1 Å². The van der Waals surface area contributed by atoms with Crippen LogP contribution in [0.1, 0.15) is 16.1 Å². The molecule has 130 valence electrons. The molecule has 3 aromatic heterocycles. The van der Waals surface area contributed by atoms with Crippen molar-refractivity contribution < 1.29 is 19.4 Å². The molecule has 0 saturated heterocycles. The van der Waals surface area contributed by atoms with E-state index in [2.05, 4.69) is 19.9 Å². The van der Waals surface area contributed by atoms with Gasteiger partial charge in [0.25, 0.3) is 0 Å². The number of carbonyl (C=O) groups is 1. The number of methoxy groups -OCH3 is 1. The molecule has 2 N–H and O–H groups in total. The van der Waals surface area contributed by atoms with E-state index in [1.807, 2.05) is 12.1 Å². The lowest BCUT2D eigenvalue weighted by molar-refractivity contribution is 0.0685. The third kappa shape index (κ3) is 2.72. The number of nitrogens with zero attached hydrogens (tertiary/aromatic N) is 3. The fraction of sp³-hybridized carbons (Fsp3) is 0.111. The molecule has 0 aliphatic carbocycles. The van der Waals surface area contributed by atoms with Crippen molar-refractivity contribution in [3.63, 3.8) is 0 Å². The van der Waals surface area contributed by atoms with Crippen molar-refractivity contribution in [1.29, 1.82) is 0 Å². The van der Waals surface area contributed by atoms with E-state index in [1.54, 1.807) is 18.5 Å². The number of hydrogen-bond donors (Lipinski definition) is 2. The highest BCUT2D eigenvalue weighted by Crippen LogP contribution is 2.33. The molecule has 8 heteroatoms. The van der Waals surface area contributed by atoms with Crippen LogP contribution >= 0.6 is 0 Å². The van der Waals surface area contributed by atoms with Gasteiger partial charge in [0.15, 0.2) is 5.69 Å². The highest BCUT2D eigenvalue weighted by molar-refractivity contribution is 6.11. The number of aromatic nitrogens is 4. The summed E-state index contributed by atoms with van der Waals surface area (Å²) in [6.07, 6.45) is 6.14. The topological polar surface area (TPSA) is 110 Å². The van der Waals surface area contributed by atoms with E-state index in [0.717, 1.165) is 21.8 Å². The molecule has 3 heterocycles. The average Bonchev–Trinajstić information content (AvgIpc) is 3.01. The van der Waals surface area contributed by atoms with Gasteiger partial charge in [-0.15, -0.1) is 0 Å². The SMILES string of the molecule is COCc1c(C(=O)O)ncc2[nH]c3ccc(Oc4cnccn4)cc3c12. The van der Waals surface area contributed by atoms with Gasteiger partial charge in [-0.2, -0.15) is 0 Å². The largest absolute Gasteiger partial charge is 0.477 e. The molecule has 0 atom stereocenters. The third-order valence-corrected chi connectivity index (χ3v) is 3.96. The molecule has 0 radical (unpaired) electrons. The quantitative estimate of drug-likeness (QED) is 0.569. The van der Waals surface area contributed by atoms with E-state index >= 15 is 0 Å². The number of carboxylic acid groups (broad SMARTS) is 1. The van der Waals surface area contributed by atoms with Gasteiger partial charge in [-0.1, -0.05) is 0 Å². The van der Waals surface area contributed by atoms with Crippen LogP contribution in [0, 0.1) is 0 Å². The van der Waals surface area contributed by atoms with Crippen molar-refractivity contribution >= 4 is 27.8 Å². The molecule has 1 aromatic carbocycles. The monoisotopic (exact) mass is 350 g/mol. The zero-order valence-corrected chi connectivity index (χ0v) is 13.8. The lowest BCUT2D eigenvalue weighted by Gasteiger charge is -2.07. The first-order chi connectivity index (χ1) is 12.7. The maximum atomic E-state index is 11.5. The Morgan fingerprint density at radius 1 is 1.19 bits per heavy atom. The van der Waals surface area contributed by atoms with Crippen molar-refractivity contribution in [2.24, 2.45) is 0 Å². The molecular weight excluding hydrogens is 336 g/mol. The first kappa shape index (κ1) is 16.0. The Balaban J connectivity index is 1.91. The molecule has 0 aliphatic rings. The smallest absolute Gasteiger partial charge is 0.354 e. The summed E-state index contributed by atoms with van der Waals surface area (Å²) in [5.74, 6) is -0.159. The second-order valence-corrected chi connectivity index (χ2v) is 5.59. The van der Waals surface area contributed by atoms with Gasteiger partial charge in [-0.25, -0.2) is 14.8 Å². The molecule has 8 nitrogen and oxygen atoms in total. The van der Waals surface area contributed by atoms with Gasteiger partial charge in [0.2, 0.25) is 5.88 Å². The van der Waals surface area contributed by atoms with Crippen LogP contribution in [0.3, 0.4) is 0 Å². The number of rotatable bonds is 5. The Labute approximate surface area is 147 Å². The number of benzene rings is 1. The van der Waals surface area contributed by atoms with Crippen molar-refractivity contribution in [3.05, 3.63) is 54.2 Å². The fourth-order valence-electron chi connectivity index (χ4n) is 2.93. The molecule has 0 aliphatic heterocycles. The van der Waals surface area contributed by atoms with Crippen LogP contribution in [0.4, 0.5) is 0 Å². The molecule has 0 saturated carbocycles. The van der Waals surface area contributed by atoms with Gasteiger partial charge in [0.1, 0.15) is 5.75 Å². The van der Waals surface area contributed by atoms with Crippen LogP contribution in [0.5, 0.6) is 11.6 Å². The molecule has 0 bridgehead atoms. The Bertz CT molecular complexity index is 1110. The number of H-pyrrole nitrogens is 1. The predicted molar refractivity (Wildman–Crippen MR) is 93.4 cm³/mol. The van der Waals surface area contributed by atoms with E-state index in [9.17, 15) is 9.90 Å². The Morgan fingerprint density at radius 2 is 2.08 bits per heavy atom. The summed E-state index contributed by atoms with van der Waals surface area (Å²) >= 11 is 0. The second kappa shape index (κ2) is 6.41. The zero-order chi connectivity index (χ0) is 18.1. The summed E-state index contributed by atoms with van der Waals surface area (Å²) < 4.78 is 10.9. The second-order valence-electron chi connectivity index (χ2n) is 5.59. The standard InChI is InChI=1S/C18H14N4O4/c1-25-9-12-16-11-6-10(26-15-8-19-4-5-20-15)2-3-13(11)22-14(16)7-21-17(12)18(23)24/h2-8,22H,9H2,1H3,(H,23,24). The van der Waals surface area contributed by atoms with Crippen molar-refractivity contribution in [1.82, 2.24) is 19.9 Å². The van der Waals surface area contributed by atoms with E-state index in [-0.39, 0.29) is 12.3 Å². The van der Waals surface area contributed by atoms with E-state index < -0.39 is 5.97 Å². The number of ether oxygens (including phenoxy) is 2. The van der Waals surface area contributed by atoms with Gasteiger partial charge in [0, 0.05) is 41.4 Å². The van der Waals surface area contributed by atoms with E-state index in [0.29, 0.717) is 17.2 Å². The first-order valence-electron chi connectivity index (χ1n) is 7.77. The van der Waals surface area contributed by atoms with Crippen molar-refractivity contribution in [2.45, 2.75) is 6.61 Å². The van der Waals surface area contributed by atoms with Crippen molar-refractivity contribution in [2.75, 3.05) is 7.11 Å². The predicted octanol–water partition coefficient (Wildman–Crippen LogP) is 3.14. The summed E-state index contributed by atoms with van der Waals surface area (Å²) in [5.41, 5.74) is 2.06. The molecule has 4 aromatic rings. The lowest BCUT2D eigenvalue weighted by Crippen LogP contribution is -2.07. The van der Waals surface area contributed by atoms with Gasteiger partial charge >= 0.3 is 5.97 Å². The number of aromatic amines is 1. The minimum absolute atomic E-state index is 0.0273. The first-order valence-corrected chi connectivity index (χ1v) is 7.77. The minimum Gasteiger partial charge on any atom is -0.477 e. The average molecular weight is 350 g/mol. The van der Waals surface area contributed by atoms with Crippen LogP contribution < -0.4 is 4.74 Å². The van der Waals surface area contributed by atoms with Gasteiger partial charge in [0.05, 0.1) is 24.5 Å². The number of fused-ring (bicyclic) bond motifs is 3. The molecule has 4 rings (SSSR count). The number of aromatic carboxylic acids is 1. The molecule has 0 spiro atoms. The van der Waals surface area contributed by atoms with Gasteiger partial charge < -0.3 is 19.6 Å². The molecule has 26 heavy (non-hydrogen) atoms. The van der Waals surface area contributed by atoms with E-state index in [1.165, 1.54) is 19.5 Å². The fourth-order valence-corrected chi connectivity index (χ4v) is 2.93. The zero-order valence-electron chi connectivity index (χ0n) is 13.8. The maximum Gasteiger partial charge on any atom is 0.354 e. The summed E-state index contributed by atoms with van der Waals surface area (Å²) in [4.78, 5) is 26.9. The lowest BCUT2D eigenvalue weighted by atomic mass is 10.1. The summed E-state index contributed by atoms with van der Waals surface area (Å²) in [6.45, 7) is 0.133. The molecule has 0 amide bonds. The number of carboxylic acids is 1. The number of pyridine rings is 1. The van der Waals surface area contributed by atoms with Crippen LogP contribution in [0.25, 0.3) is 21.8 Å². The maximum absolute atomic E-state index is 11.5. The number of hydrogen-bond acceptors (Lipinski definition) is 6. The van der Waals surface area contributed by atoms with Crippen LogP contribution in [0.2, 0.25) is 0 Å². The highest BCUT2D eigenvalue weighted by atomic mass is 16.5. The normalized spacial score (nSPS) is 11.1. The van der Waals surface area contributed by atoms with Crippen LogP contribution in [-0.2, 0) is 11.3 Å². The Hall–Kier alpha value is -3.52. The Morgan fingerprint density at radius 3 is 2.81 bits per heavy atom. The highest BCUT2D eigenvalue weighted by Gasteiger charge is 2.19. The summed E-state index contributed by atoms with van der Waals surface area (Å²) in [7, 11) is 1.52. The van der Waals surface area contributed by atoms with Crippen molar-refractivity contribution in [3.8, 4) is 11.6 Å². The molecule has 0 fully saturated rings. The molecular formula is C18H14N4O4. The minimum atomic E-state index is -1.10. The van der Waals surface area contributed by atoms with E-state index in [4.69, 9.17) is 9.47 Å². The summed E-state index contributed by atoms with van der Waals surface area (Å²) in [6, 6.07) is 5.49. The number of nitrogens with one attached hydrogen (secondary N) is 1.